The molecule has 1 aromatic rings. The number of hydrogen-bond acceptors (Lipinski definition) is 6. The Labute approximate surface area is 192 Å². The van der Waals surface area contributed by atoms with Crippen LogP contribution in [0.2, 0.25) is 0 Å². The summed E-state index contributed by atoms with van der Waals surface area (Å²) in [5.41, 5.74) is 1.07. The number of nitrogens with one attached hydrogen (secondary N) is 1. The van der Waals surface area contributed by atoms with Crippen molar-refractivity contribution in [2.24, 2.45) is 4.99 Å². The number of rotatable bonds is 10. The largest absolute Gasteiger partial charge is 0.493 e. The van der Waals surface area contributed by atoms with Crippen LogP contribution >= 0.6 is 0 Å². The van der Waals surface area contributed by atoms with Crippen LogP contribution in [0.15, 0.2) is 23.2 Å². The van der Waals surface area contributed by atoms with Gasteiger partial charge >= 0.3 is 6.09 Å². The summed E-state index contributed by atoms with van der Waals surface area (Å²) in [7, 11) is 3.43. The Hall–Kier alpha value is -2.68. The van der Waals surface area contributed by atoms with Crippen LogP contribution in [-0.2, 0) is 11.3 Å². The minimum Gasteiger partial charge on any atom is -0.493 e. The number of carbonyl (C=O) groups excluding carboxylic acids is 1. The molecule has 1 heterocycles. The zero-order valence-corrected chi connectivity index (χ0v) is 20.2. The highest BCUT2D eigenvalue weighted by Crippen LogP contribution is 2.28. The van der Waals surface area contributed by atoms with E-state index in [1.807, 2.05) is 25.1 Å². The van der Waals surface area contributed by atoms with Crippen molar-refractivity contribution in [3.8, 4) is 11.5 Å². The average molecular weight is 450 g/mol. The minimum absolute atomic E-state index is 0.249. The first-order valence-corrected chi connectivity index (χ1v) is 11.5. The summed E-state index contributed by atoms with van der Waals surface area (Å²) in [5.74, 6) is 2.29. The van der Waals surface area contributed by atoms with Crippen LogP contribution < -0.4 is 14.8 Å². The van der Waals surface area contributed by atoms with E-state index < -0.39 is 0 Å². The number of likely N-dealkylation sites (N-methyl/N-ethyl adjacent to an activating group) is 1. The molecule has 1 amide bonds. The Balaban J connectivity index is 1.87. The second-order valence-electron chi connectivity index (χ2n) is 7.43. The molecule has 0 saturated carbocycles. The van der Waals surface area contributed by atoms with E-state index in [9.17, 15) is 4.79 Å². The van der Waals surface area contributed by atoms with Crippen LogP contribution in [0.3, 0.4) is 0 Å². The van der Waals surface area contributed by atoms with Gasteiger partial charge in [-0.1, -0.05) is 19.9 Å². The molecule has 0 radical (unpaired) electrons. The third-order valence-electron chi connectivity index (χ3n) is 5.56. The number of ether oxygens (including phenoxy) is 3. The number of aliphatic imine (C=N–C) groups is 1. The molecule has 0 spiro atoms. The van der Waals surface area contributed by atoms with Crippen LogP contribution in [0.4, 0.5) is 4.79 Å². The first kappa shape index (κ1) is 25.6. The number of amides is 1. The fourth-order valence-electron chi connectivity index (χ4n) is 3.59. The molecule has 0 unspecified atom stereocenters. The Bertz CT molecular complexity index is 731. The summed E-state index contributed by atoms with van der Waals surface area (Å²) in [4.78, 5) is 22.5. The van der Waals surface area contributed by atoms with E-state index in [1.54, 1.807) is 19.1 Å². The fourth-order valence-corrected chi connectivity index (χ4v) is 3.59. The summed E-state index contributed by atoms with van der Waals surface area (Å²) in [6.07, 6.45) is -0.249. The number of methoxy groups -OCH3 is 1. The van der Waals surface area contributed by atoms with Crippen molar-refractivity contribution < 1.29 is 19.0 Å². The predicted molar refractivity (Wildman–Crippen MR) is 127 cm³/mol. The van der Waals surface area contributed by atoms with Gasteiger partial charge in [0.1, 0.15) is 6.61 Å². The lowest BCUT2D eigenvalue weighted by Gasteiger charge is -2.35. The van der Waals surface area contributed by atoms with Gasteiger partial charge in [-0.2, -0.15) is 0 Å². The average Bonchev–Trinajstić information content (AvgIpc) is 2.83. The Morgan fingerprint density at radius 2 is 1.78 bits per heavy atom. The highest BCUT2D eigenvalue weighted by Gasteiger charge is 2.23. The summed E-state index contributed by atoms with van der Waals surface area (Å²) < 4.78 is 16.6. The summed E-state index contributed by atoms with van der Waals surface area (Å²) in [5, 5.41) is 3.41. The van der Waals surface area contributed by atoms with E-state index in [-0.39, 0.29) is 6.09 Å². The van der Waals surface area contributed by atoms with Crippen molar-refractivity contribution in [3.63, 3.8) is 0 Å². The molecule has 0 atom stereocenters. The Morgan fingerprint density at radius 1 is 1.09 bits per heavy atom. The molecule has 9 heteroatoms. The van der Waals surface area contributed by atoms with Gasteiger partial charge in [-0.15, -0.1) is 0 Å². The Morgan fingerprint density at radius 3 is 2.38 bits per heavy atom. The van der Waals surface area contributed by atoms with Crippen LogP contribution in [0.1, 0.15) is 26.3 Å². The van der Waals surface area contributed by atoms with Crippen molar-refractivity contribution >= 4 is 12.1 Å². The van der Waals surface area contributed by atoms with Gasteiger partial charge in [0.2, 0.25) is 0 Å². The van der Waals surface area contributed by atoms with Crippen molar-refractivity contribution in [3.05, 3.63) is 23.8 Å². The first-order valence-electron chi connectivity index (χ1n) is 11.5. The van der Waals surface area contributed by atoms with E-state index >= 15 is 0 Å². The molecule has 180 valence electrons. The van der Waals surface area contributed by atoms with Gasteiger partial charge < -0.3 is 34.2 Å². The molecule has 0 aliphatic carbocycles. The van der Waals surface area contributed by atoms with Gasteiger partial charge in [-0.3, -0.25) is 4.99 Å². The molecule has 32 heavy (non-hydrogen) atoms. The molecule has 1 aliphatic rings. The maximum atomic E-state index is 11.9. The van der Waals surface area contributed by atoms with Crippen molar-refractivity contribution in [2.75, 3.05) is 73.2 Å². The summed E-state index contributed by atoms with van der Waals surface area (Å²) >= 11 is 0. The molecule has 0 bridgehead atoms. The predicted octanol–water partition coefficient (Wildman–Crippen LogP) is 2.27. The highest BCUT2D eigenvalue weighted by atomic mass is 16.6. The summed E-state index contributed by atoms with van der Waals surface area (Å²) in [6, 6.07) is 5.99. The van der Waals surface area contributed by atoms with Gasteiger partial charge in [0.25, 0.3) is 0 Å². The third kappa shape index (κ3) is 7.47. The maximum Gasteiger partial charge on any atom is 0.409 e. The van der Waals surface area contributed by atoms with Gasteiger partial charge in [-0.05, 0) is 37.7 Å². The SMILES string of the molecule is CCOC(=O)N1CCN(C(=NC)NCc2ccc(OCCN(CC)CC)c(OC)c2)CC1. The van der Waals surface area contributed by atoms with Crippen LogP contribution in [0.25, 0.3) is 0 Å². The molecule has 9 nitrogen and oxygen atoms in total. The van der Waals surface area contributed by atoms with Gasteiger partial charge in [0.05, 0.1) is 13.7 Å². The van der Waals surface area contributed by atoms with Crippen molar-refractivity contribution in [1.82, 2.24) is 20.0 Å². The number of nitrogens with zero attached hydrogens (tertiary/aromatic N) is 4. The van der Waals surface area contributed by atoms with Gasteiger partial charge in [-0.25, -0.2) is 4.79 Å². The second-order valence-corrected chi connectivity index (χ2v) is 7.43. The molecule has 1 aromatic carbocycles. The zero-order valence-electron chi connectivity index (χ0n) is 20.2. The van der Waals surface area contributed by atoms with Crippen molar-refractivity contribution in [1.29, 1.82) is 0 Å². The molecular weight excluding hydrogens is 410 g/mol. The van der Waals surface area contributed by atoms with Gasteiger partial charge in [0, 0.05) is 46.3 Å². The topological polar surface area (TPSA) is 78.9 Å². The van der Waals surface area contributed by atoms with E-state index in [4.69, 9.17) is 14.2 Å². The fraction of sp³-hybridized carbons (Fsp3) is 0.652. The number of benzene rings is 1. The normalized spacial score (nSPS) is 14.5. The van der Waals surface area contributed by atoms with Crippen LogP contribution in [-0.4, -0.2) is 99.9 Å². The lowest BCUT2D eigenvalue weighted by Crippen LogP contribution is -2.53. The maximum absolute atomic E-state index is 11.9. The van der Waals surface area contributed by atoms with Crippen molar-refractivity contribution in [2.45, 2.75) is 27.3 Å². The molecular formula is C23H39N5O4. The smallest absolute Gasteiger partial charge is 0.409 e. The number of hydrogen-bond donors (Lipinski definition) is 1. The Kier molecular flexibility index (Phi) is 10.9. The molecule has 1 saturated heterocycles. The molecule has 1 N–H and O–H groups in total. The molecule has 0 aromatic heterocycles. The minimum atomic E-state index is -0.249. The van der Waals surface area contributed by atoms with E-state index in [0.29, 0.717) is 45.9 Å². The van der Waals surface area contributed by atoms with Crippen LogP contribution in [0, 0.1) is 0 Å². The van der Waals surface area contributed by atoms with Gasteiger partial charge in [0.15, 0.2) is 17.5 Å². The molecule has 1 fully saturated rings. The lowest BCUT2D eigenvalue weighted by atomic mass is 10.2. The van der Waals surface area contributed by atoms with E-state index in [1.165, 1.54) is 0 Å². The number of guanidine groups is 1. The monoisotopic (exact) mass is 449 g/mol. The zero-order chi connectivity index (χ0) is 23.3. The standard InChI is InChI=1S/C23H39N5O4/c1-6-26(7-2)15-16-32-20-10-9-19(17-21(20)30-5)18-25-22(24-4)27-11-13-28(14-12-27)23(29)31-8-3/h9-10,17H,6-8,11-16,18H2,1-5H3,(H,24,25). The molecule has 2 rings (SSSR count). The lowest BCUT2D eigenvalue weighted by molar-refractivity contribution is 0.0914. The first-order chi connectivity index (χ1) is 15.6. The second kappa shape index (κ2) is 13.7. The van der Waals surface area contributed by atoms with E-state index in [2.05, 4.69) is 34.0 Å². The highest BCUT2D eigenvalue weighted by molar-refractivity contribution is 5.80. The summed E-state index contributed by atoms with van der Waals surface area (Å²) in [6.45, 7) is 13.3. The third-order valence-corrected chi connectivity index (χ3v) is 5.56. The molecule has 1 aliphatic heterocycles. The van der Waals surface area contributed by atoms with E-state index in [0.717, 1.165) is 42.7 Å². The number of carbonyl (C=O) groups is 1. The van der Waals surface area contributed by atoms with Crippen LogP contribution in [0.5, 0.6) is 11.5 Å². The number of piperazine rings is 1. The quantitative estimate of drug-likeness (QED) is 0.434.